The Hall–Kier alpha value is -13.2. The van der Waals surface area contributed by atoms with Crippen molar-refractivity contribution in [3.63, 3.8) is 0 Å². The second-order valence-electron chi connectivity index (χ2n) is 33.7. The first-order chi connectivity index (χ1) is 56.6. The van der Waals surface area contributed by atoms with E-state index in [0.717, 1.165) is 79.4 Å². The van der Waals surface area contributed by atoms with Crippen LogP contribution in [0.4, 0.5) is 102 Å². The molecule has 0 amide bonds. The van der Waals surface area contributed by atoms with Crippen LogP contribution in [0.25, 0.3) is 33.4 Å². The lowest BCUT2D eigenvalue weighted by Crippen LogP contribution is -2.63. The van der Waals surface area contributed by atoms with Crippen LogP contribution in [0, 0.1) is 0 Å². The Morgan fingerprint density at radius 2 is 0.687 bits per heavy atom. The van der Waals surface area contributed by atoms with E-state index >= 15 is 0 Å². The van der Waals surface area contributed by atoms with Crippen LogP contribution in [-0.4, -0.2) is 20.1 Å². The molecule has 28 rings (SSSR count). The second-order valence-corrected chi connectivity index (χ2v) is 35.8. The van der Waals surface area contributed by atoms with Crippen LogP contribution >= 0.6 is 23.5 Å². The van der Waals surface area contributed by atoms with Gasteiger partial charge >= 0.3 is 0 Å². The van der Waals surface area contributed by atoms with Gasteiger partial charge in [-0.25, -0.2) is 0 Å². The van der Waals surface area contributed by atoms with Crippen LogP contribution < -0.4 is 88.0 Å². The van der Waals surface area contributed by atoms with Gasteiger partial charge in [-0.1, -0.05) is 245 Å². The zero-order chi connectivity index (χ0) is 75.1. The second kappa shape index (κ2) is 21.6. The molecule has 0 unspecified atom stereocenters. The van der Waals surface area contributed by atoms with E-state index in [0.29, 0.717) is 0 Å². The topological polar surface area (TPSA) is 37.9 Å². The summed E-state index contributed by atoms with van der Waals surface area (Å²) in [5, 5.41) is 0. The van der Waals surface area contributed by atoms with Gasteiger partial charge in [-0.3, -0.25) is 0 Å². The molecule has 534 valence electrons. The van der Waals surface area contributed by atoms with E-state index in [9.17, 15) is 0 Å². The molecule has 0 radical (unpaired) electrons. The first kappa shape index (κ1) is 62.4. The Balaban J connectivity index is 0.635. The van der Waals surface area contributed by atoms with E-state index in [2.05, 4.69) is 366 Å². The van der Waals surface area contributed by atoms with Gasteiger partial charge in [0.15, 0.2) is 23.0 Å². The molecular weight excluding hydrogens is 1440 g/mol. The Morgan fingerprint density at radius 1 is 0.235 bits per heavy atom. The molecule has 0 saturated heterocycles. The van der Waals surface area contributed by atoms with E-state index in [-0.39, 0.29) is 20.1 Å². The molecule has 0 aromatic heterocycles. The fourth-order valence-electron chi connectivity index (χ4n) is 22.9. The highest BCUT2D eigenvalue weighted by Crippen LogP contribution is 2.65. The smallest absolute Gasteiger partial charge is 0.252 e. The highest BCUT2D eigenvalue weighted by Gasteiger charge is 2.55. The minimum Gasteiger partial charge on any atom is -0.453 e. The Morgan fingerprint density at radius 3 is 1.38 bits per heavy atom. The number of nitrogens with zero attached hydrogens (tertiary/aromatic N) is 6. The van der Waals surface area contributed by atoms with E-state index in [1.165, 1.54) is 170 Å². The van der Waals surface area contributed by atoms with Crippen LogP contribution in [0.2, 0.25) is 0 Å². The Bertz CT molecular complexity index is 7290. The lowest BCUT2D eigenvalue weighted by atomic mass is 9.32. The standard InChI is InChI=1S/C102H63B3N6O2S2/c1-101(2)63-27-16-25-61(59-51-70-97-85(55-59)113-83-42-14-11-35-73(83)108(97)81-54-58(56-23-6-5-7-24-56)53-80-93(81)105(70)66-30-18-43-84-96(66)107(80)72-34-10-13-41-82(72)112-84)94(63)111-78-40-22-37-75-92(78)103(65-29-17-28-64(101)95(65)111)69-49-48-60(90-100(69)106(75)71-33-9-8-26-62(71)102(90,3)4)57-47-50-87-79(52-57)110-77-39-21-38-76-91(77)104(68-32-20-46-89(115-87)99(68)110)67-31-19-45-88-98(67)109(76)74-36-12-15-44-86(74)114-88/h5-55H,1-4H3. The van der Waals surface area contributed by atoms with Gasteiger partial charge in [-0.05, 0) is 214 Å². The van der Waals surface area contributed by atoms with Crippen molar-refractivity contribution >= 4 is 195 Å². The third kappa shape index (κ3) is 7.65. The molecule has 115 heavy (non-hydrogen) atoms. The molecule has 0 N–H and O–H groups in total. The number of benzene rings is 16. The van der Waals surface area contributed by atoms with Gasteiger partial charge in [0.25, 0.3) is 20.1 Å². The predicted octanol–water partition coefficient (Wildman–Crippen LogP) is 21.4. The molecule has 12 aliphatic rings. The van der Waals surface area contributed by atoms with Crippen LogP contribution in [0.3, 0.4) is 0 Å². The van der Waals surface area contributed by atoms with Gasteiger partial charge in [0.1, 0.15) is 0 Å². The number of ether oxygens (including phenoxy) is 2. The zero-order valence-electron chi connectivity index (χ0n) is 63.0. The van der Waals surface area contributed by atoms with Crippen LogP contribution in [0.5, 0.6) is 23.0 Å². The van der Waals surface area contributed by atoms with Crippen LogP contribution in [-0.2, 0) is 10.8 Å². The molecule has 0 fully saturated rings. The molecular formula is C102H63B3N6O2S2. The summed E-state index contributed by atoms with van der Waals surface area (Å²) in [5.41, 5.74) is 44.4. The van der Waals surface area contributed by atoms with Crippen LogP contribution in [0.15, 0.2) is 329 Å². The van der Waals surface area contributed by atoms with E-state index in [1.807, 2.05) is 23.5 Å². The van der Waals surface area contributed by atoms with E-state index in [1.54, 1.807) is 0 Å². The largest absolute Gasteiger partial charge is 0.453 e. The van der Waals surface area contributed by atoms with Crippen molar-refractivity contribution in [3.8, 4) is 56.4 Å². The quantitative estimate of drug-likeness (QED) is 0.160. The summed E-state index contributed by atoms with van der Waals surface area (Å²) in [6, 6.07) is 118. The number of fused-ring (bicyclic) bond motifs is 24. The molecule has 8 nitrogen and oxygen atoms in total. The molecule has 0 aliphatic carbocycles. The summed E-state index contributed by atoms with van der Waals surface area (Å²) in [7, 11) is 0. The number of hydrogen-bond acceptors (Lipinski definition) is 10. The number of rotatable bonds is 3. The SMILES string of the molecule is CC1(C)c2cccc3c2N(c2cccc4c2B3c2ccc(-c3ccc5c(c3)N3c6cccc7c6B(c6cccc8c6N7c6ccccc6S8)c6cccc(c63)S5)c3c2N4c2ccccc2C3(C)C)c2c(-c3cc4c5c(c3)B3c6cccc7c6N(c6ccccc6O7)c6cc(-c7ccccc7)cc(c63)N5c3ccccc3O4)cccc21. The molecule has 0 spiro atoms. The normalized spacial score (nSPS) is 15.9. The van der Waals surface area contributed by atoms with Crippen molar-refractivity contribution < 1.29 is 9.47 Å². The summed E-state index contributed by atoms with van der Waals surface area (Å²) in [4.78, 5) is 20.7. The van der Waals surface area contributed by atoms with Gasteiger partial charge in [0.2, 0.25) is 0 Å². The van der Waals surface area contributed by atoms with Gasteiger partial charge in [0.05, 0.1) is 56.9 Å². The third-order valence-electron chi connectivity index (χ3n) is 27.4. The predicted molar refractivity (Wildman–Crippen MR) is 477 cm³/mol. The summed E-state index contributed by atoms with van der Waals surface area (Å²) in [5.74, 6) is 3.32. The molecule has 0 bridgehead atoms. The van der Waals surface area contributed by atoms with Crippen molar-refractivity contribution in [2.45, 2.75) is 58.1 Å². The van der Waals surface area contributed by atoms with Crippen molar-refractivity contribution in [3.05, 3.63) is 332 Å². The van der Waals surface area contributed by atoms with Gasteiger partial charge in [0, 0.05) is 81.5 Å². The summed E-state index contributed by atoms with van der Waals surface area (Å²) in [6.07, 6.45) is 0. The summed E-state index contributed by atoms with van der Waals surface area (Å²) in [6.45, 7) is 9.66. The Labute approximate surface area is 675 Å². The van der Waals surface area contributed by atoms with E-state index < -0.39 is 10.8 Å². The summed E-state index contributed by atoms with van der Waals surface area (Å²) < 4.78 is 14.5. The van der Waals surface area contributed by atoms with Crippen molar-refractivity contribution in [2.75, 3.05) is 29.4 Å². The lowest BCUT2D eigenvalue weighted by molar-refractivity contribution is 0.477. The average Bonchev–Trinajstić information content (AvgIpc) is 0.669. The van der Waals surface area contributed by atoms with Gasteiger partial charge in [-0.15, -0.1) is 0 Å². The lowest BCUT2D eigenvalue weighted by Gasteiger charge is -2.52. The fraction of sp³-hybridized carbons (Fsp3) is 0.0588. The number of hydrogen-bond donors (Lipinski definition) is 0. The van der Waals surface area contributed by atoms with Crippen molar-refractivity contribution in [1.82, 2.24) is 0 Å². The van der Waals surface area contributed by atoms with Gasteiger partial charge in [-0.2, -0.15) is 0 Å². The maximum Gasteiger partial charge on any atom is 0.252 e. The van der Waals surface area contributed by atoms with Gasteiger partial charge < -0.3 is 38.9 Å². The van der Waals surface area contributed by atoms with Crippen LogP contribution in [0.1, 0.15) is 49.9 Å². The number of para-hydroxylation sites is 11. The molecule has 0 atom stereocenters. The maximum atomic E-state index is 7.46. The average molecular weight is 1500 g/mol. The maximum absolute atomic E-state index is 7.46. The number of anilines is 18. The first-order valence-corrected chi connectivity index (χ1v) is 41.8. The molecule has 16 aromatic rings. The van der Waals surface area contributed by atoms with Crippen molar-refractivity contribution in [1.29, 1.82) is 0 Å². The molecule has 13 heteroatoms. The highest BCUT2D eigenvalue weighted by atomic mass is 32.2. The molecule has 16 aromatic carbocycles. The minimum atomic E-state index is -0.426. The third-order valence-corrected chi connectivity index (χ3v) is 29.7. The molecule has 0 saturated carbocycles. The monoisotopic (exact) mass is 1500 g/mol. The Kier molecular flexibility index (Phi) is 11.7. The minimum absolute atomic E-state index is 0.0668. The van der Waals surface area contributed by atoms with Crippen molar-refractivity contribution in [2.24, 2.45) is 0 Å². The zero-order valence-corrected chi connectivity index (χ0v) is 64.6. The van der Waals surface area contributed by atoms with E-state index in [4.69, 9.17) is 9.47 Å². The molecule has 12 heterocycles. The highest BCUT2D eigenvalue weighted by molar-refractivity contribution is 8.00. The molecule has 12 aliphatic heterocycles. The summed E-state index contributed by atoms with van der Waals surface area (Å²) >= 11 is 3.81. The first-order valence-electron chi connectivity index (χ1n) is 40.1. The fourth-order valence-corrected chi connectivity index (χ4v) is 25.1.